The van der Waals surface area contributed by atoms with Crippen LogP contribution in [0.4, 0.5) is 0 Å². The predicted molar refractivity (Wildman–Crippen MR) is 78.9 cm³/mol. The highest BCUT2D eigenvalue weighted by Crippen LogP contribution is 2.25. The van der Waals surface area contributed by atoms with E-state index in [1.165, 1.54) is 0 Å². The van der Waals surface area contributed by atoms with Crippen LogP contribution in [0.2, 0.25) is 0 Å². The smallest absolute Gasteiger partial charge is 0.219 e. The summed E-state index contributed by atoms with van der Waals surface area (Å²) in [5.41, 5.74) is 8.01. The molecule has 3 heterocycles. The number of fused-ring (bicyclic) bond motifs is 1. The maximum Gasteiger partial charge on any atom is 0.219 e. The van der Waals surface area contributed by atoms with Gasteiger partial charge in [0.15, 0.2) is 0 Å². The second-order valence-corrected chi connectivity index (χ2v) is 4.66. The first-order chi connectivity index (χ1) is 10.7. The third-order valence-electron chi connectivity index (χ3n) is 3.17. The van der Waals surface area contributed by atoms with Crippen molar-refractivity contribution in [1.29, 1.82) is 0 Å². The summed E-state index contributed by atoms with van der Waals surface area (Å²) in [6.45, 7) is 0.391. The average molecular weight is 298 g/mol. The van der Waals surface area contributed by atoms with Crippen molar-refractivity contribution in [1.82, 2.24) is 25.0 Å². The number of ether oxygens (including phenoxy) is 1. The molecule has 3 rings (SSSR count). The van der Waals surface area contributed by atoms with E-state index in [-0.39, 0.29) is 12.3 Å². The number of hydrogen-bond acceptors (Lipinski definition) is 6. The number of aryl methyl sites for hydroxylation is 1. The van der Waals surface area contributed by atoms with Gasteiger partial charge in [-0.05, 0) is 12.1 Å². The summed E-state index contributed by atoms with van der Waals surface area (Å²) in [6, 6.07) is 5.40. The molecule has 0 atom stereocenters. The van der Waals surface area contributed by atoms with Gasteiger partial charge in [-0.2, -0.15) is 0 Å². The molecule has 0 aliphatic rings. The van der Waals surface area contributed by atoms with Crippen LogP contribution in [0.5, 0.6) is 5.88 Å². The first-order valence-corrected chi connectivity index (χ1v) is 6.66. The van der Waals surface area contributed by atoms with Gasteiger partial charge in [0.05, 0.1) is 25.4 Å². The van der Waals surface area contributed by atoms with Crippen LogP contribution in [-0.2, 0) is 11.3 Å². The Bertz CT molecular complexity index is 829. The van der Waals surface area contributed by atoms with Gasteiger partial charge in [0.25, 0.3) is 0 Å². The zero-order chi connectivity index (χ0) is 15.5. The lowest BCUT2D eigenvalue weighted by molar-refractivity contribution is -0.118. The number of methoxy groups -OCH3 is 1. The van der Waals surface area contributed by atoms with Gasteiger partial charge in [-0.3, -0.25) is 14.5 Å². The number of amides is 1. The number of carbonyl (C=O) groups excluding carboxylic acids is 1. The van der Waals surface area contributed by atoms with Crippen molar-refractivity contribution < 1.29 is 9.53 Å². The first kappa shape index (κ1) is 13.9. The van der Waals surface area contributed by atoms with Crippen molar-refractivity contribution in [3.8, 4) is 17.1 Å². The van der Waals surface area contributed by atoms with E-state index in [1.54, 1.807) is 30.3 Å². The zero-order valence-corrected chi connectivity index (χ0v) is 11.9. The molecule has 0 aliphatic heterocycles. The van der Waals surface area contributed by atoms with Gasteiger partial charge >= 0.3 is 0 Å². The van der Waals surface area contributed by atoms with Gasteiger partial charge in [-0.25, -0.2) is 4.98 Å². The number of nitrogens with two attached hydrogens (primary N) is 1. The van der Waals surface area contributed by atoms with E-state index in [0.717, 1.165) is 11.1 Å². The molecule has 3 aromatic heterocycles. The SMILES string of the molecule is COc1ccc2nccc(-c3cn(CCC(N)=O)nn3)c2n1. The van der Waals surface area contributed by atoms with Crippen LogP contribution in [-0.4, -0.2) is 38.0 Å². The van der Waals surface area contributed by atoms with Crippen molar-refractivity contribution >= 4 is 16.9 Å². The van der Waals surface area contributed by atoms with Gasteiger partial charge in [-0.1, -0.05) is 5.21 Å². The summed E-state index contributed by atoms with van der Waals surface area (Å²) in [5.74, 6) is 0.126. The minimum atomic E-state index is -0.377. The Morgan fingerprint density at radius 1 is 1.36 bits per heavy atom. The van der Waals surface area contributed by atoms with Crippen LogP contribution < -0.4 is 10.5 Å². The standard InChI is InChI=1S/C14H14N6O2/c1-22-13-3-2-10-14(17-13)9(4-6-16-10)11-8-20(19-18-11)7-5-12(15)21/h2-4,6,8H,5,7H2,1H3,(H2,15,21). The number of rotatable bonds is 5. The Kier molecular flexibility index (Phi) is 3.65. The minimum Gasteiger partial charge on any atom is -0.481 e. The maximum atomic E-state index is 10.8. The van der Waals surface area contributed by atoms with Crippen LogP contribution in [0.3, 0.4) is 0 Å². The second-order valence-electron chi connectivity index (χ2n) is 4.66. The van der Waals surface area contributed by atoms with Gasteiger partial charge in [0.2, 0.25) is 11.8 Å². The summed E-state index contributed by atoms with van der Waals surface area (Å²) in [6.07, 6.45) is 3.65. The molecule has 22 heavy (non-hydrogen) atoms. The predicted octanol–water partition coefficient (Wildman–Crippen LogP) is 0.772. The lowest BCUT2D eigenvalue weighted by Crippen LogP contribution is -2.14. The molecule has 0 radical (unpaired) electrons. The quantitative estimate of drug-likeness (QED) is 0.745. The molecule has 1 amide bonds. The average Bonchev–Trinajstić information content (AvgIpc) is 3.00. The van der Waals surface area contributed by atoms with Crippen molar-refractivity contribution in [2.75, 3.05) is 7.11 Å². The molecule has 0 spiro atoms. The third-order valence-corrected chi connectivity index (χ3v) is 3.17. The van der Waals surface area contributed by atoms with E-state index in [0.29, 0.717) is 23.6 Å². The lowest BCUT2D eigenvalue weighted by atomic mass is 10.1. The number of hydrogen-bond donors (Lipinski definition) is 1. The molecule has 0 saturated carbocycles. The highest BCUT2D eigenvalue weighted by Gasteiger charge is 2.11. The van der Waals surface area contributed by atoms with E-state index in [4.69, 9.17) is 10.5 Å². The topological polar surface area (TPSA) is 109 Å². The Labute approximate surface area is 125 Å². The fraction of sp³-hybridized carbons (Fsp3) is 0.214. The number of nitrogens with zero attached hydrogens (tertiary/aromatic N) is 5. The Hall–Kier alpha value is -3.03. The summed E-state index contributed by atoms with van der Waals surface area (Å²) in [5, 5.41) is 8.12. The molecule has 0 bridgehead atoms. The van der Waals surface area contributed by atoms with Crippen molar-refractivity contribution in [2.24, 2.45) is 5.73 Å². The fourth-order valence-corrected chi connectivity index (χ4v) is 2.08. The van der Waals surface area contributed by atoms with E-state index in [9.17, 15) is 4.79 Å². The monoisotopic (exact) mass is 298 g/mol. The summed E-state index contributed by atoms with van der Waals surface area (Å²) >= 11 is 0. The van der Waals surface area contributed by atoms with Crippen LogP contribution in [0.1, 0.15) is 6.42 Å². The van der Waals surface area contributed by atoms with Crippen LogP contribution in [0.15, 0.2) is 30.6 Å². The summed E-state index contributed by atoms with van der Waals surface area (Å²) < 4.78 is 6.73. The summed E-state index contributed by atoms with van der Waals surface area (Å²) in [7, 11) is 1.56. The first-order valence-electron chi connectivity index (χ1n) is 6.66. The number of pyridine rings is 2. The van der Waals surface area contributed by atoms with Crippen LogP contribution >= 0.6 is 0 Å². The van der Waals surface area contributed by atoms with Crippen molar-refractivity contribution in [2.45, 2.75) is 13.0 Å². The zero-order valence-electron chi connectivity index (χ0n) is 11.9. The van der Waals surface area contributed by atoms with Crippen LogP contribution in [0.25, 0.3) is 22.3 Å². The maximum absolute atomic E-state index is 10.8. The Balaban J connectivity index is 2.00. The molecule has 8 heteroatoms. The highest BCUT2D eigenvalue weighted by atomic mass is 16.5. The van der Waals surface area contributed by atoms with Crippen molar-refractivity contribution in [3.63, 3.8) is 0 Å². The minimum absolute atomic E-state index is 0.214. The van der Waals surface area contributed by atoms with Gasteiger partial charge in [0.1, 0.15) is 11.2 Å². The molecular formula is C14H14N6O2. The molecular weight excluding hydrogens is 284 g/mol. The normalized spacial score (nSPS) is 10.8. The fourth-order valence-electron chi connectivity index (χ4n) is 2.08. The molecule has 0 aromatic carbocycles. The Morgan fingerprint density at radius 3 is 3.00 bits per heavy atom. The van der Waals surface area contributed by atoms with Gasteiger partial charge < -0.3 is 10.5 Å². The molecule has 0 aliphatic carbocycles. The van der Waals surface area contributed by atoms with E-state index in [2.05, 4.69) is 20.3 Å². The molecule has 0 fully saturated rings. The molecule has 3 aromatic rings. The number of aromatic nitrogens is 5. The molecule has 8 nitrogen and oxygen atoms in total. The van der Waals surface area contributed by atoms with Crippen molar-refractivity contribution in [3.05, 3.63) is 30.6 Å². The number of carbonyl (C=O) groups is 1. The third kappa shape index (κ3) is 2.71. The van der Waals surface area contributed by atoms with Gasteiger partial charge in [-0.15, -0.1) is 5.10 Å². The molecule has 0 saturated heterocycles. The van der Waals surface area contributed by atoms with Crippen LogP contribution in [0, 0.1) is 0 Å². The van der Waals surface area contributed by atoms with E-state index < -0.39 is 0 Å². The van der Waals surface area contributed by atoms with E-state index in [1.807, 2.05) is 12.1 Å². The van der Waals surface area contributed by atoms with Gasteiger partial charge in [0, 0.05) is 24.2 Å². The Morgan fingerprint density at radius 2 is 2.23 bits per heavy atom. The highest BCUT2D eigenvalue weighted by molar-refractivity contribution is 5.90. The van der Waals surface area contributed by atoms with E-state index >= 15 is 0 Å². The second kappa shape index (κ2) is 5.76. The summed E-state index contributed by atoms with van der Waals surface area (Å²) in [4.78, 5) is 19.5. The molecule has 0 unspecified atom stereocenters. The molecule has 112 valence electrons. The molecule has 2 N–H and O–H groups in total. The lowest BCUT2D eigenvalue weighted by Gasteiger charge is -2.04. The number of primary amides is 1. The largest absolute Gasteiger partial charge is 0.481 e.